The molecule has 0 unspecified atom stereocenters. The molecule has 2 aromatic carbocycles. The predicted octanol–water partition coefficient (Wildman–Crippen LogP) is 1.47. The number of ether oxygens (including phenoxy) is 6. The molecular weight excluding hydrogens is 572 g/mol. The number of rotatable bonds is 8. The molecule has 4 rings (SSSR count). The average Bonchev–Trinajstić information content (AvgIpc) is 2.92. The van der Waals surface area contributed by atoms with Gasteiger partial charge < -0.3 is 38.6 Å². The van der Waals surface area contributed by atoms with E-state index in [1.807, 2.05) is 0 Å². The summed E-state index contributed by atoms with van der Waals surface area (Å²) in [6.45, 7) is 3.24. The van der Waals surface area contributed by atoms with Crippen molar-refractivity contribution >= 4 is 35.4 Å². The fourth-order valence-corrected chi connectivity index (χ4v) is 4.92. The largest absolute Gasteiger partial charge is 0.507 e. The molecule has 14 nitrogen and oxygen atoms in total. The first-order valence-corrected chi connectivity index (χ1v) is 13.0. The number of fused-ring (bicyclic) bond motifs is 2. The Morgan fingerprint density at radius 1 is 0.767 bits per heavy atom. The molecule has 1 aliphatic heterocycles. The van der Waals surface area contributed by atoms with Crippen LogP contribution in [0.5, 0.6) is 11.5 Å². The molecular formula is C29H28O14. The molecule has 0 bridgehead atoms. The first-order valence-electron chi connectivity index (χ1n) is 13.0. The molecule has 1 fully saturated rings. The minimum Gasteiger partial charge on any atom is -0.507 e. The molecule has 0 radical (unpaired) electrons. The quantitative estimate of drug-likeness (QED) is 0.214. The second kappa shape index (κ2) is 12.6. The van der Waals surface area contributed by atoms with Crippen molar-refractivity contribution in [2.24, 2.45) is 0 Å². The summed E-state index contributed by atoms with van der Waals surface area (Å²) in [5, 5.41) is 21.8. The minimum absolute atomic E-state index is 0.0346. The molecule has 1 aliphatic carbocycles. The molecule has 2 aromatic rings. The molecule has 1 heterocycles. The highest BCUT2D eigenvalue weighted by Gasteiger charge is 2.53. The molecule has 14 heteroatoms. The van der Waals surface area contributed by atoms with Crippen molar-refractivity contribution in [3.8, 4) is 11.5 Å². The van der Waals surface area contributed by atoms with E-state index in [0.29, 0.717) is 0 Å². The van der Waals surface area contributed by atoms with Gasteiger partial charge in [0.1, 0.15) is 24.2 Å². The molecule has 0 spiro atoms. The van der Waals surface area contributed by atoms with Crippen molar-refractivity contribution in [1.29, 1.82) is 0 Å². The van der Waals surface area contributed by atoms with Crippen LogP contribution in [0.25, 0.3) is 0 Å². The Hall–Kier alpha value is -4.82. The van der Waals surface area contributed by atoms with Gasteiger partial charge in [-0.25, -0.2) is 0 Å². The van der Waals surface area contributed by atoms with Gasteiger partial charge in [-0.1, -0.05) is 24.3 Å². The third-order valence-corrected chi connectivity index (χ3v) is 6.58. The Balaban J connectivity index is 1.70. The van der Waals surface area contributed by atoms with Gasteiger partial charge in [0.05, 0.1) is 17.7 Å². The summed E-state index contributed by atoms with van der Waals surface area (Å²) in [4.78, 5) is 73.7. The number of phenols is 2. The molecule has 0 aromatic heterocycles. The van der Waals surface area contributed by atoms with E-state index in [1.165, 1.54) is 12.1 Å². The van der Waals surface area contributed by atoms with Gasteiger partial charge in [-0.2, -0.15) is 0 Å². The van der Waals surface area contributed by atoms with E-state index >= 15 is 0 Å². The van der Waals surface area contributed by atoms with Crippen LogP contribution in [0.3, 0.4) is 0 Å². The summed E-state index contributed by atoms with van der Waals surface area (Å²) < 4.78 is 32.7. The lowest BCUT2D eigenvalue weighted by Crippen LogP contribution is -2.62. The van der Waals surface area contributed by atoms with Gasteiger partial charge in [0.15, 0.2) is 36.2 Å². The second-order valence-corrected chi connectivity index (χ2v) is 9.74. The first kappa shape index (κ1) is 31.1. The summed E-state index contributed by atoms with van der Waals surface area (Å²) >= 11 is 0. The van der Waals surface area contributed by atoms with Gasteiger partial charge >= 0.3 is 23.9 Å². The van der Waals surface area contributed by atoms with Gasteiger partial charge in [-0.05, 0) is 6.07 Å². The van der Waals surface area contributed by atoms with E-state index in [9.17, 15) is 39.0 Å². The SMILES string of the molecule is CC(=O)OC[C@H]1O[C@@H](OCc2cc(O)c3c(c2O)C(=O)c2ccccc2C3=O)[C@H](OC(C)=O)[C@@H](OC(C)=O)[C@@H]1OC(C)=O. The average molecular weight is 601 g/mol. The summed E-state index contributed by atoms with van der Waals surface area (Å²) in [6.07, 6.45) is -7.31. The Bertz CT molecular complexity index is 1490. The van der Waals surface area contributed by atoms with E-state index < -0.39 is 96.4 Å². The predicted molar refractivity (Wildman–Crippen MR) is 140 cm³/mol. The molecule has 0 saturated carbocycles. The van der Waals surface area contributed by atoms with Crippen LogP contribution in [-0.2, 0) is 54.2 Å². The normalized spacial score (nSPS) is 22.6. The summed E-state index contributed by atoms with van der Waals surface area (Å²) in [7, 11) is 0. The number of phenolic OH excluding ortho intramolecular Hbond substituents is 2. The number of aromatic hydroxyl groups is 2. The van der Waals surface area contributed by atoms with Gasteiger partial charge in [-0.15, -0.1) is 0 Å². The van der Waals surface area contributed by atoms with E-state index in [1.54, 1.807) is 12.1 Å². The van der Waals surface area contributed by atoms with Crippen molar-refractivity contribution in [2.45, 2.75) is 65.0 Å². The van der Waals surface area contributed by atoms with Gasteiger partial charge in [0, 0.05) is 44.4 Å². The topological polar surface area (TPSA) is 198 Å². The fourth-order valence-electron chi connectivity index (χ4n) is 4.92. The van der Waals surface area contributed by atoms with Gasteiger partial charge in [-0.3, -0.25) is 28.8 Å². The van der Waals surface area contributed by atoms with Crippen molar-refractivity contribution < 1.29 is 67.4 Å². The van der Waals surface area contributed by atoms with Crippen LogP contribution in [0.15, 0.2) is 30.3 Å². The Morgan fingerprint density at radius 3 is 1.86 bits per heavy atom. The maximum absolute atomic E-state index is 13.2. The zero-order valence-corrected chi connectivity index (χ0v) is 23.5. The van der Waals surface area contributed by atoms with Crippen LogP contribution in [0.1, 0.15) is 65.1 Å². The zero-order valence-electron chi connectivity index (χ0n) is 23.5. The lowest BCUT2D eigenvalue weighted by molar-refractivity contribution is -0.310. The Morgan fingerprint density at radius 2 is 1.30 bits per heavy atom. The molecule has 1 saturated heterocycles. The third-order valence-electron chi connectivity index (χ3n) is 6.58. The smallest absolute Gasteiger partial charge is 0.303 e. The van der Waals surface area contributed by atoms with E-state index in [2.05, 4.69) is 0 Å². The van der Waals surface area contributed by atoms with E-state index in [-0.39, 0.29) is 22.3 Å². The van der Waals surface area contributed by atoms with Gasteiger partial charge in [0.2, 0.25) is 0 Å². The lowest BCUT2D eigenvalue weighted by atomic mass is 9.82. The molecule has 0 amide bonds. The van der Waals surface area contributed by atoms with Crippen molar-refractivity contribution in [3.05, 3.63) is 58.1 Å². The van der Waals surface area contributed by atoms with Crippen LogP contribution < -0.4 is 0 Å². The fraction of sp³-hybridized carbons (Fsp3) is 0.379. The Labute approximate surface area is 244 Å². The molecule has 228 valence electrons. The number of carbonyl (C=O) groups is 6. The summed E-state index contributed by atoms with van der Waals surface area (Å²) in [6, 6.07) is 6.97. The number of hydrogen-bond acceptors (Lipinski definition) is 14. The minimum atomic E-state index is -1.59. The van der Waals surface area contributed by atoms with E-state index in [4.69, 9.17) is 28.4 Å². The van der Waals surface area contributed by atoms with E-state index in [0.717, 1.165) is 33.8 Å². The van der Waals surface area contributed by atoms with Gasteiger partial charge in [0.25, 0.3) is 0 Å². The molecule has 43 heavy (non-hydrogen) atoms. The standard InChI is InChI=1S/C29H28O14/c1-12(30)38-11-20-26(40-13(2)31)27(41-14(3)32)28(42-15(4)33)29(43-20)39-10-16-9-19(34)21-22(23(16)35)25(37)18-8-6-5-7-17(18)24(21)36/h5-9,20,26-29,34-35H,10-11H2,1-4H3/t20-,26-,27+,28-,29-/m1/s1. The van der Waals surface area contributed by atoms with Crippen molar-refractivity contribution in [3.63, 3.8) is 0 Å². The summed E-state index contributed by atoms with van der Waals surface area (Å²) in [5.74, 6) is -5.81. The van der Waals surface area contributed by atoms with Crippen LogP contribution >= 0.6 is 0 Å². The molecule has 5 atom stereocenters. The molecule has 2 N–H and O–H groups in total. The lowest BCUT2D eigenvalue weighted by Gasteiger charge is -2.44. The number of ketones is 2. The van der Waals surface area contributed by atoms with Crippen molar-refractivity contribution in [2.75, 3.05) is 6.61 Å². The highest BCUT2D eigenvalue weighted by Crippen LogP contribution is 2.41. The highest BCUT2D eigenvalue weighted by molar-refractivity contribution is 6.30. The maximum atomic E-state index is 13.2. The maximum Gasteiger partial charge on any atom is 0.303 e. The van der Waals surface area contributed by atoms with Crippen LogP contribution in [0.2, 0.25) is 0 Å². The third kappa shape index (κ3) is 6.49. The summed E-state index contributed by atoms with van der Waals surface area (Å²) in [5.41, 5.74) is -0.853. The zero-order chi connectivity index (χ0) is 31.6. The van der Waals surface area contributed by atoms with Crippen LogP contribution in [-0.4, -0.2) is 83.0 Å². The first-order chi connectivity index (χ1) is 20.3. The second-order valence-electron chi connectivity index (χ2n) is 9.74. The molecule has 2 aliphatic rings. The van der Waals surface area contributed by atoms with Crippen molar-refractivity contribution in [1.82, 2.24) is 0 Å². The highest BCUT2D eigenvalue weighted by atomic mass is 16.7. The number of benzene rings is 2. The number of esters is 4. The number of hydrogen-bond donors (Lipinski definition) is 2. The monoisotopic (exact) mass is 600 g/mol. The Kier molecular flexibility index (Phi) is 9.11. The number of carbonyl (C=O) groups excluding carboxylic acids is 6. The van der Waals surface area contributed by atoms with Crippen LogP contribution in [0, 0.1) is 0 Å². The van der Waals surface area contributed by atoms with Crippen LogP contribution in [0.4, 0.5) is 0 Å².